The van der Waals surface area contributed by atoms with Gasteiger partial charge in [-0.2, -0.15) is 5.26 Å². The Hall–Kier alpha value is -1.63. The molecule has 1 aliphatic rings. The predicted octanol–water partition coefficient (Wildman–Crippen LogP) is 0.993. The van der Waals surface area contributed by atoms with E-state index in [0.717, 1.165) is 18.7 Å². The summed E-state index contributed by atoms with van der Waals surface area (Å²) in [5, 5.41) is 8.79. The molecule has 0 bridgehead atoms. The second-order valence-corrected chi connectivity index (χ2v) is 3.76. The Morgan fingerprint density at radius 2 is 2.14 bits per heavy atom. The van der Waals surface area contributed by atoms with Gasteiger partial charge < -0.3 is 4.90 Å². The van der Waals surface area contributed by atoms with Crippen molar-refractivity contribution in [3.8, 4) is 6.19 Å². The highest BCUT2D eigenvalue weighted by Gasteiger charge is 2.30. The maximum absolute atomic E-state index is 8.79. The summed E-state index contributed by atoms with van der Waals surface area (Å²) >= 11 is 0. The zero-order chi connectivity index (χ0) is 9.97. The molecular formula is C10H12N4. The van der Waals surface area contributed by atoms with Crippen LogP contribution in [-0.2, 0) is 0 Å². The maximum atomic E-state index is 8.79. The number of aromatic nitrogens is 2. The summed E-state index contributed by atoms with van der Waals surface area (Å²) in [5.41, 5.74) is 1.14. The molecule has 4 heteroatoms. The first-order valence-electron chi connectivity index (χ1n) is 4.71. The van der Waals surface area contributed by atoms with E-state index in [0.29, 0.717) is 11.8 Å². The van der Waals surface area contributed by atoms with Crippen LogP contribution in [0.25, 0.3) is 0 Å². The van der Waals surface area contributed by atoms with Crippen LogP contribution in [0.3, 0.4) is 0 Å². The maximum Gasteiger partial charge on any atom is 0.179 e. The molecule has 0 aromatic carbocycles. The third-order valence-electron chi connectivity index (χ3n) is 2.76. The molecule has 0 aliphatic carbocycles. The van der Waals surface area contributed by atoms with Crippen molar-refractivity contribution in [3.05, 3.63) is 24.3 Å². The standard InChI is InChI=1S/C10H12N4/c1-8-4-14(6-11)5-10(8)9-2-12-7-13-3-9/h2-3,7-8,10H,4-5H2,1H3/t8-,10-/m1/s1. The average Bonchev–Trinajstić information content (AvgIpc) is 2.61. The molecule has 1 aromatic heterocycles. The molecule has 0 N–H and O–H groups in total. The lowest BCUT2D eigenvalue weighted by molar-refractivity contribution is 0.465. The quantitative estimate of drug-likeness (QED) is 0.617. The molecule has 1 aromatic rings. The van der Waals surface area contributed by atoms with Gasteiger partial charge in [-0.05, 0) is 11.5 Å². The summed E-state index contributed by atoms with van der Waals surface area (Å²) < 4.78 is 0. The Bertz CT molecular complexity index is 343. The zero-order valence-corrected chi connectivity index (χ0v) is 8.09. The van der Waals surface area contributed by atoms with E-state index in [1.165, 1.54) is 6.33 Å². The van der Waals surface area contributed by atoms with Crippen molar-refractivity contribution in [2.75, 3.05) is 13.1 Å². The predicted molar refractivity (Wildman–Crippen MR) is 51.1 cm³/mol. The molecule has 0 spiro atoms. The molecule has 1 aliphatic heterocycles. The van der Waals surface area contributed by atoms with Crippen LogP contribution in [0, 0.1) is 17.4 Å². The molecular weight excluding hydrogens is 176 g/mol. The van der Waals surface area contributed by atoms with Crippen molar-refractivity contribution in [2.45, 2.75) is 12.8 Å². The Labute approximate surface area is 83.2 Å². The van der Waals surface area contributed by atoms with Gasteiger partial charge in [0.15, 0.2) is 6.19 Å². The van der Waals surface area contributed by atoms with Crippen LogP contribution in [-0.4, -0.2) is 28.0 Å². The lowest BCUT2D eigenvalue weighted by Gasteiger charge is -2.12. The van der Waals surface area contributed by atoms with E-state index >= 15 is 0 Å². The molecule has 0 radical (unpaired) electrons. The van der Waals surface area contributed by atoms with Gasteiger partial charge in [-0.1, -0.05) is 6.92 Å². The third-order valence-corrected chi connectivity index (χ3v) is 2.76. The van der Waals surface area contributed by atoms with E-state index in [4.69, 9.17) is 5.26 Å². The third kappa shape index (κ3) is 1.53. The molecule has 4 nitrogen and oxygen atoms in total. The molecule has 2 rings (SSSR count). The lowest BCUT2D eigenvalue weighted by atomic mass is 9.92. The molecule has 2 atom stereocenters. The van der Waals surface area contributed by atoms with E-state index in [-0.39, 0.29) is 0 Å². The van der Waals surface area contributed by atoms with Gasteiger partial charge in [-0.15, -0.1) is 0 Å². The van der Waals surface area contributed by atoms with Crippen LogP contribution in [0.4, 0.5) is 0 Å². The van der Waals surface area contributed by atoms with Crippen LogP contribution in [0.2, 0.25) is 0 Å². The molecule has 2 heterocycles. The SMILES string of the molecule is C[C@@H]1CN(C#N)C[C@H]1c1cncnc1. The number of hydrogen-bond acceptors (Lipinski definition) is 4. The lowest BCUT2D eigenvalue weighted by Crippen LogP contribution is -2.12. The van der Waals surface area contributed by atoms with E-state index in [1.807, 2.05) is 12.4 Å². The second-order valence-electron chi connectivity index (χ2n) is 3.76. The summed E-state index contributed by atoms with van der Waals surface area (Å²) in [6, 6.07) is 0. The second kappa shape index (κ2) is 3.62. The summed E-state index contributed by atoms with van der Waals surface area (Å²) in [4.78, 5) is 9.80. The van der Waals surface area contributed by atoms with Crippen LogP contribution < -0.4 is 0 Å². The smallest absolute Gasteiger partial charge is 0.179 e. The van der Waals surface area contributed by atoms with Gasteiger partial charge in [0.2, 0.25) is 0 Å². The molecule has 72 valence electrons. The molecule has 0 saturated carbocycles. The van der Waals surface area contributed by atoms with Crippen LogP contribution in [0.1, 0.15) is 18.4 Å². The fourth-order valence-corrected chi connectivity index (χ4v) is 1.98. The number of nitriles is 1. The van der Waals surface area contributed by atoms with Crippen molar-refractivity contribution in [1.82, 2.24) is 14.9 Å². The minimum atomic E-state index is 0.399. The zero-order valence-electron chi connectivity index (χ0n) is 8.09. The Balaban J connectivity index is 2.18. The van der Waals surface area contributed by atoms with Gasteiger partial charge in [-0.3, -0.25) is 0 Å². The summed E-state index contributed by atoms with van der Waals surface area (Å²) in [6.45, 7) is 3.80. The highest BCUT2D eigenvalue weighted by Crippen LogP contribution is 2.30. The minimum absolute atomic E-state index is 0.399. The highest BCUT2D eigenvalue weighted by molar-refractivity contribution is 5.15. The first kappa shape index (κ1) is 8.95. The van der Waals surface area contributed by atoms with Crippen LogP contribution in [0.5, 0.6) is 0 Å². The van der Waals surface area contributed by atoms with Crippen molar-refractivity contribution in [3.63, 3.8) is 0 Å². The molecule has 1 fully saturated rings. The van der Waals surface area contributed by atoms with E-state index in [9.17, 15) is 0 Å². The van der Waals surface area contributed by atoms with E-state index < -0.39 is 0 Å². The average molecular weight is 188 g/mol. The summed E-state index contributed by atoms with van der Waals surface area (Å²) in [5.74, 6) is 0.900. The van der Waals surface area contributed by atoms with Crippen molar-refractivity contribution in [1.29, 1.82) is 5.26 Å². The topological polar surface area (TPSA) is 52.8 Å². The number of rotatable bonds is 1. The van der Waals surface area contributed by atoms with Gasteiger partial charge in [0.05, 0.1) is 0 Å². The Morgan fingerprint density at radius 1 is 1.43 bits per heavy atom. The monoisotopic (exact) mass is 188 g/mol. The Kier molecular flexibility index (Phi) is 2.32. The Morgan fingerprint density at radius 3 is 2.71 bits per heavy atom. The van der Waals surface area contributed by atoms with E-state index in [2.05, 4.69) is 23.1 Å². The first-order chi connectivity index (χ1) is 6.81. The van der Waals surface area contributed by atoms with Gasteiger partial charge in [0.25, 0.3) is 0 Å². The summed E-state index contributed by atoms with van der Waals surface area (Å²) in [7, 11) is 0. The number of likely N-dealkylation sites (tertiary alicyclic amines) is 1. The van der Waals surface area contributed by atoms with E-state index in [1.54, 1.807) is 4.90 Å². The van der Waals surface area contributed by atoms with Crippen molar-refractivity contribution < 1.29 is 0 Å². The van der Waals surface area contributed by atoms with Gasteiger partial charge in [-0.25, -0.2) is 9.97 Å². The fourth-order valence-electron chi connectivity index (χ4n) is 1.98. The minimum Gasteiger partial charge on any atom is -0.310 e. The fraction of sp³-hybridized carbons (Fsp3) is 0.500. The van der Waals surface area contributed by atoms with Crippen molar-refractivity contribution in [2.24, 2.45) is 5.92 Å². The number of hydrogen-bond donors (Lipinski definition) is 0. The van der Waals surface area contributed by atoms with Crippen LogP contribution in [0.15, 0.2) is 18.7 Å². The molecule has 14 heavy (non-hydrogen) atoms. The van der Waals surface area contributed by atoms with Crippen LogP contribution >= 0.6 is 0 Å². The number of nitrogens with zero attached hydrogens (tertiary/aromatic N) is 4. The molecule has 0 amide bonds. The normalized spacial score (nSPS) is 26.1. The first-order valence-corrected chi connectivity index (χ1v) is 4.71. The summed E-state index contributed by atoms with van der Waals surface area (Å²) in [6.07, 6.45) is 7.40. The molecule has 0 unspecified atom stereocenters. The van der Waals surface area contributed by atoms with Crippen molar-refractivity contribution >= 4 is 0 Å². The van der Waals surface area contributed by atoms with Gasteiger partial charge in [0, 0.05) is 31.4 Å². The molecule has 1 saturated heterocycles. The van der Waals surface area contributed by atoms with Gasteiger partial charge >= 0.3 is 0 Å². The highest BCUT2D eigenvalue weighted by atomic mass is 15.1. The van der Waals surface area contributed by atoms with Gasteiger partial charge in [0.1, 0.15) is 6.33 Å². The largest absolute Gasteiger partial charge is 0.310 e.